The summed E-state index contributed by atoms with van der Waals surface area (Å²) in [6.07, 6.45) is 6.05. The van der Waals surface area contributed by atoms with Crippen LogP contribution in [0.25, 0.3) is 0 Å². The van der Waals surface area contributed by atoms with E-state index in [1.165, 1.54) is 0 Å². The number of hydrogen-bond donors (Lipinski definition) is 1. The maximum atomic E-state index is 12.4. The van der Waals surface area contributed by atoms with Crippen LogP contribution in [0.15, 0.2) is 28.9 Å². The molecule has 1 amide bonds. The third-order valence-electron chi connectivity index (χ3n) is 5.37. The number of amides is 1. The Balaban J connectivity index is 1.35. The van der Waals surface area contributed by atoms with Gasteiger partial charge in [0.1, 0.15) is 11.5 Å². The zero-order valence-corrected chi connectivity index (χ0v) is 15.4. The van der Waals surface area contributed by atoms with Gasteiger partial charge in [-0.15, -0.1) is 0 Å². The third kappa shape index (κ3) is 3.68. The molecule has 1 spiro atoms. The molecule has 2 aromatic heterocycles. The van der Waals surface area contributed by atoms with E-state index in [1.54, 1.807) is 17.1 Å². The first-order chi connectivity index (χ1) is 12.5. The highest BCUT2D eigenvalue weighted by Gasteiger charge is 2.43. The number of nitrogens with one attached hydrogen (secondary N) is 1. The van der Waals surface area contributed by atoms with E-state index in [0.717, 1.165) is 50.4 Å². The first-order valence-corrected chi connectivity index (χ1v) is 9.22. The lowest BCUT2D eigenvalue weighted by molar-refractivity contribution is -0.0794. The van der Waals surface area contributed by atoms with Crippen LogP contribution >= 0.6 is 0 Å². The average molecular weight is 358 g/mol. The van der Waals surface area contributed by atoms with Crippen molar-refractivity contribution in [1.82, 2.24) is 20.0 Å². The summed E-state index contributed by atoms with van der Waals surface area (Å²) in [5, 5.41) is 7.23. The molecule has 7 nitrogen and oxygen atoms in total. The van der Waals surface area contributed by atoms with Gasteiger partial charge in [0.15, 0.2) is 0 Å². The summed E-state index contributed by atoms with van der Waals surface area (Å²) in [6.45, 7) is 5.33. The molecule has 2 aliphatic heterocycles. The molecule has 1 N–H and O–H groups in total. The molecule has 0 unspecified atom stereocenters. The molecule has 0 aromatic carbocycles. The van der Waals surface area contributed by atoms with Gasteiger partial charge >= 0.3 is 0 Å². The van der Waals surface area contributed by atoms with Crippen molar-refractivity contribution >= 4 is 5.91 Å². The lowest BCUT2D eigenvalue weighted by Crippen LogP contribution is -2.49. The highest BCUT2D eigenvalue weighted by Crippen LogP contribution is 2.35. The molecule has 4 rings (SSSR count). The Hall–Kier alpha value is -2.12. The first-order valence-electron chi connectivity index (χ1n) is 9.22. The van der Waals surface area contributed by atoms with Crippen molar-refractivity contribution < 1.29 is 13.9 Å². The van der Waals surface area contributed by atoms with Crippen molar-refractivity contribution in [2.45, 2.75) is 44.4 Å². The Morgan fingerprint density at radius 3 is 3.08 bits per heavy atom. The van der Waals surface area contributed by atoms with E-state index in [0.29, 0.717) is 12.2 Å². The topological polar surface area (TPSA) is 72.5 Å². The van der Waals surface area contributed by atoms with Gasteiger partial charge in [-0.05, 0) is 38.3 Å². The quantitative estimate of drug-likeness (QED) is 0.903. The number of nitrogens with zero attached hydrogens (tertiary/aromatic N) is 3. The first kappa shape index (κ1) is 17.3. The second kappa shape index (κ2) is 6.89. The SMILES string of the molecule is Cc1ccc(CN2CC[C@]3(C[C@@H](NC(=O)c4cnn(C)c4)CCO3)C2)o1. The van der Waals surface area contributed by atoms with Crippen LogP contribution in [0.3, 0.4) is 0 Å². The summed E-state index contributed by atoms with van der Waals surface area (Å²) in [6, 6.07) is 4.18. The van der Waals surface area contributed by atoms with Gasteiger partial charge in [0.2, 0.25) is 0 Å². The highest BCUT2D eigenvalue weighted by molar-refractivity contribution is 5.93. The van der Waals surface area contributed by atoms with Crippen molar-refractivity contribution in [3.63, 3.8) is 0 Å². The van der Waals surface area contributed by atoms with Crippen LogP contribution in [0, 0.1) is 6.92 Å². The van der Waals surface area contributed by atoms with E-state index in [9.17, 15) is 4.79 Å². The largest absolute Gasteiger partial charge is 0.465 e. The fourth-order valence-electron chi connectivity index (χ4n) is 4.10. The zero-order chi connectivity index (χ0) is 18.1. The zero-order valence-electron chi connectivity index (χ0n) is 15.4. The molecule has 0 bridgehead atoms. The Kier molecular flexibility index (Phi) is 4.58. The second-order valence-corrected chi connectivity index (χ2v) is 7.57. The van der Waals surface area contributed by atoms with Crippen molar-refractivity contribution in [3.8, 4) is 0 Å². The molecule has 0 radical (unpaired) electrons. The summed E-state index contributed by atoms with van der Waals surface area (Å²) in [5.74, 6) is 1.89. The Morgan fingerprint density at radius 2 is 2.35 bits per heavy atom. The van der Waals surface area contributed by atoms with Crippen molar-refractivity contribution in [2.24, 2.45) is 7.05 Å². The number of aromatic nitrogens is 2. The van der Waals surface area contributed by atoms with Crippen LogP contribution in [0.1, 0.15) is 41.1 Å². The van der Waals surface area contributed by atoms with Gasteiger partial charge in [-0.3, -0.25) is 14.4 Å². The number of carbonyl (C=O) groups is 1. The van der Waals surface area contributed by atoms with E-state index < -0.39 is 0 Å². The number of aryl methyl sites for hydroxylation is 2. The molecule has 2 aliphatic rings. The van der Waals surface area contributed by atoms with E-state index >= 15 is 0 Å². The number of hydrogen-bond acceptors (Lipinski definition) is 5. The Morgan fingerprint density at radius 1 is 1.46 bits per heavy atom. The van der Waals surface area contributed by atoms with Crippen LogP contribution < -0.4 is 5.32 Å². The Labute approximate surface area is 153 Å². The van der Waals surface area contributed by atoms with Gasteiger partial charge in [0, 0.05) is 39.0 Å². The number of carbonyl (C=O) groups excluding carboxylic acids is 1. The van der Waals surface area contributed by atoms with Gasteiger partial charge in [-0.25, -0.2) is 0 Å². The maximum absolute atomic E-state index is 12.4. The van der Waals surface area contributed by atoms with Crippen molar-refractivity contribution in [2.75, 3.05) is 19.7 Å². The second-order valence-electron chi connectivity index (χ2n) is 7.57. The van der Waals surface area contributed by atoms with E-state index in [1.807, 2.05) is 26.1 Å². The van der Waals surface area contributed by atoms with E-state index in [2.05, 4.69) is 15.3 Å². The van der Waals surface area contributed by atoms with Gasteiger partial charge in [0.25, 0.3) is 5.91 Å². The van der Waals surface area contributed by atoms with Crippen LogP contribution in [-0.4, -0.2) is 51.9 Å². The van der Waals surface area contributed by atoms with Crippen LogP contribution in [0.5, 0.6) is 0 Å². The Bertz CT molecular complexity index is 783. The van der Waals surface area contributed by atoms with E-state index in [-0.39, 0.29) is 17.6 Å². The smallest absolute Gasteiger partial charge is 0.254 e. The summed E-state index contributed by atoms with van der Waals surface area (Å²) < 4.78 is 13.5. The van der Waals surface area contributed by atoms with Crippen LogP contribution in [0.2, 0.25) is 0 Å². The number of likely N-dealkylation sites (tertiary alicyclic amines) is 1. The van der Waals surface area contributed by atoms with Gasteiger partial charge in [0.05, 0.1) is 23.9 Å². The molecule has 2 aromatic rings. The summed E-state index contributed by atoms with van der Waals surface area (Å²) in [7, 11) is 1.81. The highest BCUT2D eigenvalue weighted by atomic mass is 16.5. The molecule has 2 atom stereocenters. The molecular formula is C19H26N4O3. The maximum Gasteiger partial charge on any atom is 0.254 e. The minimum Gasteiger partial charge on any atom is -0.465 e. The fourth-order valence-corrected chi connectivity index (χ4v) is 4.10. The summed E-state index contributed by atoms with van der Waals surface area (Å²) in [5.41, 5.74) is 0.446. The predicted molar refractivity (Wildman–Crippen MR) is 95.7 cm³/mol. The van der Waals surface area contributed by atoms with Gasteiger partial charge in [-0.2, -0.15) is 5.10 Å². The lowest BCUT2D eigenvalue weighted by Gasteiger charge is -2.38. The van der Waals surface area contributed by atoms with Crippen molar-refractivity contribution in [1.29, 1.82) is 0 Å². The van der Waals surface area contributed by atoms with Gasteiger partial charge in [-0.1, -0.05) is 0 Å². The molecular weight excluding hydrogens is 332 g/mol. The number of furan rings is 1. The van der Waals surface area contributed by atoms with Crippen LogP contribution in [-0.2, 0) is 18.3 Å². The average Bonchev–Trinajstić information content (AvgIpc) is 3.30. The minimum atomic E-state index is -0.160. The van der Waals surface area contributed by atoms with Crippen LogP contribution in [0.4, 0.5) is 0 Å². The molecule has 2 fully saturated rings. The van der Waals surface area contributed by atoms with E-state index in [4.69, 9.17) is 9.15 Å². The van der Waals surface area contributed by atoms with Crippen molar-refractivity contribution in [3.05, 3.63) is 41.6 Å². The third-order valence-corrected chi connectivity index (χ3v) is 5.37. The number of rotatable bonds is 4. The lowest BCUT2D eigenvalue weighted by atomic mass is 9.89. The predicted octanol–water partition coefficient (Wildman–Crippen LogP) is 1.88. The summed E-state index contributed by atoms with van der Waals surface area (Å²) in [4.78, 5) is 14.8. The molecule has 26 heavy (non-hydrogen) atoms. The van der Waals surface area contributed by atoms with Gasteiger partial charge < -0.3 is 14.5 Å². The monoisotopic (exact) mass is 358 g/mol. The fraction of sp³-hybridized carbons (Fsp3) is 0.579. The summed E-state index contributed by atoms with van der Waals surface area (Å²) >= 11 is 0. The normalized spacial score (nSPS) is 26.5. The molecule has 0 aliphatic carbocycles. The molecule has 7 heteroatoms. The molecule has 0 saturated carbocycles. The molecule has 4 heterocycles. The molecule has 2 saturated heterocycles. The standard InChI is InChI=1S/C19H26N4O3/c1-14-3-4-17(26-14)12-23-7-6-19(13-23)9-16(5-8-25-19)21-18(24)15-10-20-22(2)11-15/h3-4,10-11,16H,5-9,12-13H2,1-2H3,(H,21,24)/t16-,19-/m0/s1. The molecule has 140 valence electrons. The number of ether oxygens (including phenoxy) is 1. The minimum absolute atomic E-state index is 0.0546.